The predicted molar refractivity (Wildman–Crippen MR) is 350 cm³/mol. The second-order valence-corrected chi connectivity index (χ2v) is 23.8. The van der Waals surface area contributed by atoms with Gasteiger partial charge in [-0.15, -0.1) is 0 Å². The Morgan fingerprint density at radius 1 is 0.390 bits per heavy atom. The van der Waals surface area contributed by atoms with Crippen LogP contribution in [0.1, 0.15) is 245 Å². The van der Waals surface area contributed by atoms with Crippen molar-refractivity contribution in [2.75, 3.05) is 47.5 Å². The molecular formula is C72H120NO8P. The Hall–Kier alpha value is -4.11. The molecule has 0 saturated carbocycles. The summed E-state index contributed by atoms with van der Waals surface area (Å²) in [4.78, 5) is 37.9. The van der Waals surface area contributed by atoms with Gasteiger partial charge in [0.25, 0.3) is 7.82 Å². The third kappa shape index (κ3) is 65.0. The second-order valence-electron chi connectivity index (χ2n) is 22.4. The Balaban J connectivity index is 4.19. The van der Waals surface area contributed by atoms with Crippen LogP contribution < -0.4 is 4.89 Å². The van der Waals surface area contributed by atoms with Gasteiger partial charge in [-0.25, -0.2) is 0 Å². The van der Waals surface area contributed by atoms with Crippen molar-refractivity contribution >= 4 is 19.8 Å². The molecule has 2 unspecified atom stereocenters. The molecule has 0 N–H and O–H groups in total. The summed E-state index contributed by atoms with van der Waals surface area (Å²) in [7, 11) is 1.13. The summed E-state index contributed by atoms with van der Waals surface area (Å²) in [5.41, 5.74) is 0. The van der Waals surface area contributed by atoms with Crippen LogP contribution in [0.4, 0.5) is 0 Å². The number of carbonyl (C=O) groups excluding carboxylic acids is 2. The van der Waals surface area contributed by atoms with Gasteiger partial charge in [-0.05, 0) is 122 Å². The molecule has 0 aromatic carbocycles. The fourth-order valence-corrected chi connectivity index (χ4v) is 9.09. The average Bonchev–Trinajstić information content (AvgIpc) is 3.46. The number of hydrogen-bond donors (Lipinski definition) is 0. The lowest BCUT2D eigenvalue weighted by molar-refractivity contribution is -0.870. The van der Waals surface area contributed by atoms with E-state index in [9.17, 15) is 19.0 Å². The van der Waals surface area contributed by atoms with Crippen molar-refractivity contribution < 1.29 is 42.1 Å². The molecule has 0 aliphatic heterocycles. The van der Waals surface area contributed by atoms with Crippen molar-refractivity contribution in [3.05, 3.63) is 146 Å². The summed E-state index contributed by atoms with van der Waals surface area (Å²) in [6, 6.07) is 0. The zero-order valence-electron chi connectivity index (χ0n) is 52.9. The number of ether oxygens (including phenoxy) is 2. The van der Waals surface area contributed by atoms with E-state index in [1.807, 2.05) is 21.1 Å². The quantitative estimate of drug-likeness (QED) is 0.0195. The Morgan fingerprint density at radius 2 is 0.695 bits per heavy atom. The van der Waals surface area contributed by atoms with Crippen LogP contribution in [-0.2, 0) is 32.7 Å². The minimum Gasteiger partial charge on any atom is -0.756 e. The third-order valence-electron chi connectivity index (χ3n) is 13.3. The highest BCUT2D eigenvalue weighted by Crippen LogP contribution is 2.38. The van der Waals surface area contributed by atoms with Crippen LogP contribution in [0.5, 0.6) is 0 Å². The van der Waals surface area contributed by atoms with Crippen molar-refractivity contribution in [1.29, 1.82) is 0 Å². The molecule has 0 aromatic rings. The van der Waals surface area contributed by atoms with E-state index in [-0.39, 0.29) is 26.1 Å². The fourth-order valence-electron chi connectivity index (χ4n) is 8.36. The van der Waals surface area contributed by atoms with Crippen LogP contribution in [0, 0.1) is 0 Å². The van der Waals surface area contributed by atoms with E-state index < -0.39 is 32.5 Å². The lowest BCUT2D eigenvalue weighted by Gasteiger charge is -2.28. The van der Waals surface area contributed by atoms with E-state index in [1.165, 1.54) is 83.5 Å². The van der Waals surface area contributed by atoms with Crippen LogP contribution in [0.2, 0.25) is 0 Å². The summed E-state index contributed by atoms with van der Waals surface area (Å²) in [5.74, 6) is -0.864. The molecule has 0 saturated heterocycles. The smallest absolute Gasteiger partial charge is 0.306 e. The molecule has 0 spiro atoms. The van der Waals surface area contributed by atoms with Gasteiger partial charge in [0, 0.05) is 12.8 Å². The third-order valence-corrected chi connectivity index (χ3v) is 14.3. The Bertz CT molecular complexity index is 1890. The van der Waals surface area contributed by atoms with Crippen molar-refractivity contribution in [2.24, 2.45) is 0 Å². The van der Waals surface area contributed by atoms with E-state index in [1.54, 1.807) is 0 Å². The van der Waals surface area contributed by atoms with Crippen molar-refractivity contribution in [3.63, 3.8) is 0 Å². The molecule has 0 aromatic heterocycles. The molecule has 0 aliphatic rings. The number of carbonyl (C=O) groups is 2. The molecule has 0 rings (SSSR count). The first kappa shape index (κ1) is 77.9. The van der Waals surface area contributed by atoms with Crippen molar-refractivity contribution in [2.45, 2.75) is 251 Å². The summed E-state index contributed by atoms with van der Waals surface area (Å²) < 4.78 is 34.2. The fraction of sp³-hybridized carbons (Fsp3) is 0.639. The zero-order chi connectivity index (χ0) is 59.8. The van der Waals surface area contributed by atoms with E-state index >= 15 is 0 Å². The highest BCUT2D eigenvalue weighted by molar-refractivity contribution is 7.45. The Kier molecular flexibility index (Phi) is 58.4. The number of likely N-dealkylation sites (N-methyl/N-ethyl adjacent to an activating group) is 1. The highest BCUT2D eigenvalue weighted by atomic mass is 31.2. The van der Waals surface area contributed by atoms with Gasteiger partial charge in [-0.3, -0.25) is 14.2 Å². The lowest BCUT2D eigenvalue weighted by atomic mass is 10.1. The van der Waals surface area contributed by atoms with Crippen molar-refractivity contribution in [1.82, 2.24) is 0 Å². The van der Waals surface area contributed by atoms with E-state index in [0.717, 1.165) is 128 Å². The van der Waals surface area contributed by atoms with Gasteiger partial charge in [0.2, 0.25) is 0 Å². The maximum atomic E-state index is 12.8. The van der Waals surface area contributed by atoms with Gasteiger partial charge in [0.1, 0.15) is 19.8 Å². The largest absolute Gasteiger partial charge is 0.756 e. The first-order valence-electron chi connectivity index (χ1n) is 32.5. The number of unbranched alkanes of at least 4 members (excludes halogenated alkanes) is 20. The number of hydrogen-bond acceptors (Lipinski definition) is 8. The number of esters is 2. The van der Waals surface area contributed by atoms with Gasteiger partial charge >= 0.3 is 11.9 Å². The second kappa shape index (κ2) is 61.5. The van der Waals surface area contributed by atoms with Crippen molar-refractivity contribution in [3.8, 4) is 0 Å². The van der Waals surface area contributed by atoms with Gasteiger partial charge in [0.05, 0.1) is 27.7 Å². The molecule has 0 fully saturated rings. The summed E-state index contributed by atoms with van der Waals surface area (Å²) in [6.45, 7) is 4.09. The minimum absolute atomic E-state index is 0.0423. The Morgan fingerprint density at radius 3 is 1.05 bits per heavy atom. The van der Waals surface area contributed by atoms with E-state index in [0.29, 0.717) is 17.4 Å². The molecule has 0 bridgehead atoms. The van der Waals surface area contributed by atoms with Crippen LogP contribution in [0.3, 0.4) is 0 Å². The van der Waals surface area contributed by atoms with Crippen LogP contribution in [0.25, 0.3) is 0 Å². The molecule has 466 valence electrons. The van der Waals surface area contributed by atoms with Gasteiger partial charge in [-0.1, -0.05) is 256 Å². The predicted octanol–water partition coefficient (Wildman–Crippen LogP) is 20.4. The summed E-state index contributed by atoms with van der Waals surface area (Å²) in [5, 5.41) is 0. The van der Waals surface area contributed by atoms with Crippen LogP contribution in [0.15, 0.2) is 146 Å². The number of allylic oxidation sites excluding steroid dienone is 24. The molecule has 2 atom stereocenters. The number of nitrogens with zero attached hydrogens (tertiary/aromatic N) is 1. The minimum atomic E-state index is -4.65. The van der Waals surface area contributed by atoms with Crippen LogP contribution in [-0.4, -0.2) is 70.0 Å². The maximum Gasteiger partial charge on any atom is 0.306 e. The van der Waals surface area contributed by atoms with Gasteiger partial charge in [0.15, 0.2) is 6.10 Å². The number of rotatable bonds is 58. The lowest BCUT2D eigenvalue weighted by Crippen LogP contribution is -2.37. The monoisotopic (exact) mass is 1160 g/mol. The van der Waals surface area contributed by atoms with E-state index in [4.69, 9.17) is 18.5 Å². The van der Waals surface area contributed by atoms with Gasteiger partial charge in [-0.2, -0.15) is 0 Å². The average molecular weight is 1160 g/mol. The first-order valence-corrected chi connectivity index (χ1v) is 34.0. The number of phosphoric ester groups is 1. The van der Waals surface area contributed by atoms with Gasteiger partial charge < -0.3 is 27.9 Å². The standard InChI is InChI=1S/C72H120NO8P/c1-6-8-10-12-14-16-18-20-22-24-26-27-28-29-30-31-32-33-34-35-36-37-38-39-40-41-42-43-44-45-47-49-51-53-55-57-59-61-63-65-72(75)81-70(69-80-82(76,77)79-67-66-73(3,4)5)68-78-71(74)64-62-60-58-56-54-52-50-48-46-25-23-21-19-17-15-13-11-9-7-2/h8,10,14,16,20-23,26-27,29-30,32-33,35-36,38-39,41-42,44-45,49,51,70H,6-7,9,11-13,15,17-19,24-25,28,31,34,37,40,43,46-48,50,52-69H2,1-5H3/b10-8-,16-14-,22-20-,23-21-,27-26-,30-29-,33-32-,36-35-,39-38-,42-41-,45-44-,51-49-. The van der Waals surface area contributed by atoms with E-state index in [2.05, 4.69) is 160 Å². The normalized spacial score (nSPS) is 14.2. The topological polar surface area (TPSA) is 111 Å². The first-order chi connectivity index (χ1) is 40.0. The molecule has 0 aliphatic carbocycles. The summed E-state index contributed by atoms with van der Waals surface area (Å²) in [6.07, 6.45) is 90.5. The SMILES string of the molecule is CC/C=C\C/C=C\C/C=C\C/C=C\C/C=C\C/C=C\C/C=C\C/C=C\C/C=C\C/C=C\C/C=C\CCCCCCCC(=O)OC(COC(=O)CCCCCCCCCCC/C=C\CCCCCCCC)COP(=O)([O-])OCC[N+](C)(C)C. The van der Waals surface area contributed by atoms with Crippen LogP contribution >= 0.6 is 7.82 Å². The molecular weight excluding hydrogens is 1040 g/mol. The highest BCUT2D eigenvalue weighted by Gasteiger charge is 2.22. The number of phosphoric acid groups is 1. The summed E-state index contributed by atoms with van der Waals surface area (Å²) >= 11 is 0. The molecule has 82 heavy (non-hydrogen) atoms. The molecule has 0 radical (unpaired) electrons. The molecule has 9 nitrogen and oxygen atoms in total. The maximum absolute atomic E-state index is 12.8. The molecule has 0 amide bonds. The Labute approximate surface area is 503 Å². The zero-order valence-corrected chi connectivity index (χ0v) is 53.8. The molecule has 10 heteroatoms. The molecule has 0 heterocycles. The number of quaternary nitrogens is 1.